The first kappa shape index (κ1) is 16.6. The van der Waals surface area contributed by atoms with E-state index in [1.165, 1.54) is 18.7 Å². The molecule has 2 N–H and O–H groups in total. The van der Waals surface area contributed by atoms with Crippen LogP contribution < -0.4 is 10.6 Å². The van der Waals surface area contributed by atoms with Crippen molar-refractivity contribution in [1.29, 1.82) is 0 Å². The molecule has 6 heteroatoms. The number of benzene rings is 2. The van der Waals surface area contributed by atoms with Crippen molar-refractivity contribution < 1.29 is 9.59 Å². The van der Waals surface area contributed by atoms with Crippen LogP contribution in [0.2, 0.25) is 0 Å². The number of amides is 2. The highest BCUT2D eigenvalue weighted by molar-refractivity contribution is 9.10. The lowest BCUT2D eigenvalue weighted by Gasteiger charge is -2.08. The van der Waals surface area contributed by atoms with E-state index in [-0.39, 0.29) is 11.8 Å². The minimum absolute atomic E-state index is 0.0899. The SMILES string of the molecule is CC(=O)Nc1cccc(NC(=O)CSc2ccc(Br)cc2)c1. The molecule has 2 aromatic rings. The fraction of sp³-hybridized carbons (Fsp3) is 0.125. The van der Waals surface area contributed by atoms with Crippen LogP contribution in [-0.4, -0.2) is 17.6 Å². The third kappa shape index (κ3) is 5.54. The molecule has 114 valence electrons. The number of nitrogens with one attached hydrogen (secondary N) is 2. The van der Waals surface area contributed by atoms with Crippen LogP contribution in [0.4, 0.5) is 11.4 Å². The molecular weight excluding hydrogens is 364 g/mol. The zero-order valence-electron chi connectivity index (χ0n) is 11.9. The standard InChI is InChI=1S/C16H15BrN2O2S/c1-11(20)18-13-3-2-4-14(9-13)19-16(21)10-22-15-7-5-12(17)6-8-15/h2-9H,10H2,1H3,(H,18,20)(H,19,21). The molecule has 0 saturated carbocycles. The summed E-state index contributed by atoms with van der Waals surface area (Å²) in [6, 6.07) is 14.9. The molecule has 0 aliphatic heterocycles. The van der Waals surface area contributed by atoms with Crippen molar-refractivity contribution in [3.63, 3.8) is 0 Å². The Bertz CT molecular complexity index is 674. The van der Waals surface area contributed by atoms with Gasteiger partial charge in [-0.15, -0.1) is 11.8 Å². The van der Waals surface area contributed by atoms with E-state index in [4.69, 9.17) is 0 Å². The van der Waals surface area contributed by atoms with E-state index < -0.39 is 0 Å². The number of hydrogen-bond donors (Lipinski definition) is 2. The first-order valence-electron chi connectivity index (χ1n) is 6.59. The summed E-state index contributed by atoms with van der Waals surface area (Å²) in [6.07, 6.45) is 0. The van der Waals surface area contributed by atoms with E-state index in [1.54, 1.807) is 24.3 Å². The molecule has 0 bridgehead atoms. The molecule has 0 heterocycles. The van der Waals surface area contributed by atoms with Gasteiger partial charge in [0.05, 0.1) is 5.75 Å². The van der Waals surface area contributed by atoms with Gasteiger partial charge in [0, 0.05) is 27.7 Å². The van der Waals surface area contributed by atoms with Crippen LogP contribution in [0, 0.1) is 0 Å². The molecule has 4 nitrogen and oxygen atoms in total. The average molecular weight is 379 g/mol. The number of anilines is 2. The average Bonchev–Trinajstić information content (AvgIpc) is 2.46. The Labute approximate surface area is 141 Å². The maximum Gasteiger partial charge on any atom is 0.234 e. The predicted molar refractivity (Wildman–Crippen MR) is 94.2 cm³/mol. The van der Waals surface area contributed by atoms with E-state index in [1.807, 2.05) is 24.3 Å². The highest BCUT2D eigenvalue weighted by Crippen LogP contribution is 2.21. The van der Waals surface area contributed by atoms with Crippen LogP contribution in [0.5, 0.6) is 0 Å². The monoisotopic (exact) mass is 378 g/mol. The van der Waals surface area contributed by atoms with E-state index in [0.29, 0.717) is 17.1 Å². The van der Waals surface area contributed by atoms with E-state index in [0.717, 1.165) is 9.37 Å². The summed E-state index contributed by atoms with van der Waals surface area (Å²) >= 11 is 4.84. The second-order valence-electron chi connectivity index (χ2n) is 4.55. The molecule has 0 aromatic heterocycles. The molecular formula is C16H15BrN2O2S. The largest absolute Gasteiger partial charge is 0.326 e. The molecule has 0 radical (unpaired) electrons. The Balaban J connectivity index is 1.89. The van der Waals surface area contributed by atoms with Crippen LogP contribution in [-0.2, 0) is 9.59 Å². The van der Waals surface area contributed by atoms with E-state index >= 15 is 0 Å². The smallest absolute Gasteiger partial charge is 0.234 e. The molecule has 2 aromatic carbocycles. The number of carbonyl (C=O) groups is 2. The molecule has 0 spiro atoms. The lowest BCUT2D eigenvalue weighted by Crippen LogP contribution is -2.14. The van der Waals surface area contributed by atoms with Gasteiger partial charge in [-0.05, 0) is 42.5 Å². The highest BCUT2D eigenvalue weighted by Gasteiger charge is 2.05. The minimum Gasteiger partial charge on any atom is -0.326 e. The van der Waals surface area contributed by atoms with E-state index in [9.17, 15) is 9.59 Å². The molecule has 22 heavy (non-hydrogen) atoms. The summed E-state index contributed by atoms with van der Waals surface area (Å²) in [5.74, 6) is 0.0913. The van der Waals surface area contributed by atoms with Crippen LogP contribution in [0.25, 0.3) is 0 Å². The zero-order valence-corrected chi connectivity index (χ0v) is 14.3. The number of hydrogen-bond acceptors (Lipinski definition) is 3. The van der Waals surface area contributed by atoms with Gasteiger partial charge in [-0.25, -0.2) is 0 Å². The summed E-state index contributed by atoms with van der Waals surface area (Å²) in [7, 11) is 0. The van der Waals surface area contributed by atoms with Gasteiger partial charge < -0.3 is 10.6 Å². The maximum absolute atomic E-state index is 12.0. The van der Waals surface area contributed by atoms with Crippen molar-refractivity contribution in [1.82, 2.24) is 0 Å². The summed E-state index contributed by atoms with van der Waals surface area (Å²) in [6.45, 7) is 1.44. The Kier molecular flexibility index (Phi) is 6.03. The third-order valence-electron chi connectivity index (χ3n) is 2.65. The lowest BCUT2D eigenvalue weighted by atomic mass is 10.2. The Hall–Kier alpha value is -1.79. The first-order chi connectivity index (χ1) is 10.5. The second-order valence-corrected chi connectivity index (χ2v) is 6.52. The summed E-state index contributed by atoms with van der Waals surface area (Å²) < 4.78 is 1.01. The van der Waals surface area contributed by atoms with Crippen molar-refractivity contribution in [2.24, 2.45) is 0 Å². The number of rotatable bonds is 5. The van der Waals surface area contributed by atoms with Gasteiger partial charge in [0.25, 0.3) is 0 Å². The summed E-state index contributed by atoms with van der Waals surface area (Å²) in [5.41, 5.74) is 1.32. The van der Waals surface area contributed by atoms with Crippen molar-refractivity contribution in [2.45, 2.75) is 11.8 Å². The number of thioether (sulfide) groups is 1. The van der Waals surface area contributed by atoms with Crippen LogP contribution in [0.15, 0.2) is 57.9 Å². The minimum atomic E-state index is -0.144. The molecule has 2 amide bonds. The molecule has 0 aliphatic carbocycles. The summed E-state index contributed by atoms with van der Waals surface area (Å²) in [5, 5.41) is 5.50. The third-order valence-corrected chi connectivity index (χ3v) is 4.19. The maximum atomic E-state index is 12.0. The Morgan fingerprint density at radius 2 is 1.68 bits per heavy atom. The van der Waals surface area contributed by atoms with Crippen molar-refractivity contribution in [3.05, 3.63) is 53.0 Å². The van der Waals surface area contributed by atoms with Gasteiger partial charge in [-0.1, -0.05) is 22.0 Å². The van der Waals surface area contributed by atoms with Gasteiger partial charge in [0.15, 0.2) is 0 Å². The molecule has 0 atom stereocenters. The highest BCUT2D eigenvalue weighted by atomic mass is 79.9. The zero-order chi connectivity index (χ0) is 15.9. The van der Waals surface area contributed by atoms with E-state index in [2.05, 4.69) is 26.6 Å². The molecule has 2 rings (SSSR count). The molecule has 0 saturated heterocycles. The van der Waals surface area contributed by atoms with Crippen LogP contribution in [0.1, 0.15) is 6.92 Å². The van der Waals surface area contributed by atoms with Gasteiger partial charge in [0.2, 0.25) is 11.8 Å². The molecule has 0 unspecified atom stereocenters. The van der Waals surface area contributed by atoms with Gasteiger partial charge in [-0.2, -0.15) is 0 Å². The van der Waals surface area contributed by atoms with Gasteiger partial charge >= 0.3 is 0 Å². The predicted octanol–water partition coefficient (Wildman–Crippen LogP) is 4.14. The lowest BCUT2D eigenvalue weighted by molar-refractivity contribution is -0.114. The van der Waals surface area contributed by atoms with Gasteiger partial charge in [-0.3, -0.25) is 9.59 Å². The quantitative estimate of drug-likeness (QED) is 0.768. The van der Waals surface area contributed by atoms with Crippen molar-refractivity contribution in [2.75, 3.05) is 16.4 Å². The first-order valence-corrected chi connectivity index (χ1v) is 8.36. The van der Waals surface area contributed by atoms with Crippen LogP contribution in [0.3, 0.4) is 0 Å². The number of carbonyl (C=O) groups excluding carboxylic acids is 2. The molecule has 0 aliphatic rings. The Morgan fingerprint density at radius 1 is 1.05 bits per heavy atom. The fourth-order valence-electron chi connectivity index (χ4n) is 1.75. The van der Waals surface area contributed by atoms with Crippen molar-refractivity contribution in [3.8, 4) is 0 Å². The fourth-order valence-corrected chi connectivity index (χ4v) is 2.72. The van der Waals surface area contributed by atoms with Gasteiger partial charge in [0.1, 0.15) is 0 Å². The number of halogens is 1. The topological polar surface area (TPSA) is 58.2 Å². The molecule has 0 fully saturated rings. The second kappa shape index (κ2) is 8.00. The Morgan fingerprint density at radius 3 is 2.32 bits per heavy atom. The summed E-state index contributed by atoms with van der Waals surface area (Å²) in [4.78, 5) is 24.0. The normalized spacial score (nSPS) is 10.1. The van der Waals surface area contributed by atoms with Crippen LogP contribution >= 0.6 is 27.7 Å². The van der Waals surface area contributed by atoms with Crippen molar-refractivity contribution >= 4 is 50.9 Å².